The lowest BCUT2D eigenvalue weighted by Crippen LogP contribution is -2.03. The minimum absolute atomic E-state index is 0.00701. The summed E-state index contributed by atoms with van der Waals surface area (Å²) in [6.45, 7) is 1.99. The van der Waals surface area contributed by atoms with Gasteiger partial charge in [0.1, 0.15) is 5.75 Å². The molecule has 0 amide bonds. The van der Waals surface area contributed by atoms with Gasteiger partial charge >= 0.3 is 0 Å². The average Bonchev–Trinajstić information content (AvgIpc) is 3.20. The van der Waals surface area contributed by atoms with Crippen LogP contribution in [0.3, 0.4) is 0 Å². The van der Waals surface area contributed by atoms with Crippen LogP contribution in [0.2, 0.25) is 0 Å². The number of nitrogens with two attached hydrogens (primary N) is 1. The highest BCUT2D eigenvalue weighted by Crippen LogP contribution is 2.31. The van der Waals surface area contributed by atoms with Crippen molar-refractivity contribution in [2.45, 2.75) is 31.9 Å². The number of anilines is 1. The van der Waals surface area contributed by atoms with Crippen molar-refractivity contribution < 1.29 is 9.47 Å². The smallest absolute Gasteiger partial charge is 0.142 e. The highest BCUT2D eigenvalue weighted by Gasteiger charge is 2.19. The molecule has 98 valence electrons. The molecule has 0 aliphatic heterocycles. The number of benzene rings is 1. The van der Waals surface area contributed by atoms with Crippen LogP contribution in [0.5, 0.6) is 5.75 Å². The molecule has 4 nitrogen and oxygen atoms in total. The fraction of sp³-hybridized carbons (Fsp3) is 0.500. The van der Waals surface area contributed by atoms with Crippen LogP contribution >= 0.6 is 0 Å². The minimum Gasteiger partial charge on any atom is -0.495 e. The van der Waals surface area contributed by atoms with Crippen molar-refractivity contribution in [1.29, 1.82) is 0 Å². The van der Waals surface area contributed by atoms with Gasteiger partial charge in [-0.25, -0.2) is 0 Å². The second-order valence-corrected chi connectivity index (χ2v) is 4.61. The zero-order valence-corrected chi connectivity index (χ0v) is 11.1. The number of nitrogens with zero attached hydrogens (tertiary/aromatic N) is 1. The summed E-state index contributed by atoms with van der Waals surface area (Å²) in [4.78, 5) is 4.47. The maximum absolute atomic E-state index is 6.05. The summed E-state index contributed by atoms with van der Waals surface area (Å²) in [6, 6.07) is 4.41. The molecule has 4 heteroatoms. The Bertz CT molecular complexity index is 453. The van der Waals surface area contributed by atoms with Gasteiger partial charge in [0, 0.05) is 18.9 Å². The van der Waals surface area contributed by atoms with Gasteiger partial charge in [0.15, 0.2) is 0 Å². The van der Waals surface area contributed by atoms with Crippen molar-refractivity contribution in [3.8, 4) is 5.75 Å². The molecule has 18 heavy (non-hydrogen) atoms. The molecule has 1 aromatic rings. The summed E-state index contributed by atoms with van der Waals surface area (Å²) < 4.78 is 10.6. The van der Waals surface area contributed by atoms with Gasteiger partial charge in [-0.2, -0.15) is 0 Å². The lowest BCUT2D eigenvalue weighted by molar-refractivity contribution is 0.119. The number of hydrogen-bond acceptors (Lipinski definition) is 4. The second kappa shape index (κ2) is 5.40. The Morgan fingerprint density at radius 1 is 1.39 bits per heavy atom. The van der Waals surface area contributed by atoms with Gasteiger partial charge in [-0.1, -0.05) is 0 Å². The molecule has 1 atom stereocenters. The van der Waals surface area contributed by atoms with Gasteiger partial charge < -0.3 is 15.2 Å². The van der Waals surface area contributed by atoms with Crippen molar-refractivity contribution in [3.63, 3.8) is 0 Å². The maximum Gasteiger partial charge on any atom is 0.142 e. The molecular weight excluding hydrogens is 228 g/mol. The first kappa shape index (κ1) is 12.9. The van der Waals surface area contributed by atoms with Crippen LogP contribution in [0.1, 0.15) is 37.0 Å². The third kappa shape index (κ3) is 2.82. The van der Waals surface area contributed by atoms with E-state index in [9.17, 15) is 0 Å². The maximum atomic E-state index is 6.05. The van der Waals surface area contributed by atoms with Crippen molar-refractivity contribution >= 4 is 11.9 Å². The molecule has 0 spiro atoms. The van der Waals surface area contributed by atoms with Gasteiger partial charge in [0.05, 0.1) is 24.9 Å². The van der Waals surface area contributed by atoms with E-state index in [4.69, 9.17) is 15.2 Å². The van der Waals surface area contributed by atoms with Gasteiger partial charge in [-0.15, -0.1) is 0 Å². The number of aliphatic imine (C=N–C) groups is 1. The molecule has 1 saturated carbocycles. The molecule has 1 aromatic carbocycles. The molecule has 0 radical (unpaired) electrons. The number of rotatable bonds is 5. The van der Waals surface area contributed by atoms with E-state index in [1.165, 1.54) is 12.8 Å². The van der Waals surface area contributed by atoms with E-state index in [-0.39, 0.29) is 6.10 Å². The Morgan fingerprint density at radius 3 is 2.67 bits per heavy atom. The van der Waals surface area contributed by atoms with Gasteiger partial charge in [0.25, 0.3) is 0 Å². The summed E-state index contributed by atoms with van der Waals surface area (Å²) in [5.74, 6) is 0.675. The Morgan fingerprint density at radius 2 is 2.11 bits per heavy atom. The van der Waals surface area contributed by atoms with Gasteiger partial charge in [-0.3, -0.25) is 4.99 Å². The molecule has 0 aromatic heterocycles. The number of ether oxygens (including phenoxy) is 2. The highest BCUT2D eigenvalue weighted by atomic mass is 16.5. The van der Waals surface area contributed by atoms with Crippen LogP contribution in [-0.2, 0) is 4.74 Å². The zero-order valence-electron chi connectivity index (χ0n) is 11.1. The van der Waals surface area contributed by atoms with Crippen molar-refractivity contribution in [2.75, 3.05) is 20.0 Å². The molecule has 0 saturated heterocycles. The SMILES string of the molecule is COc1cc(C(C)OC)cc(C=NC2CC2)c1N. The molecule has 2 N–H and O–H groups in total. The first-order chi connectivity index (χ1) is 8.65. The molecule has 1 fully saturated rings. The lowest BCUT2D eigenvalue weighted by atomic mass is 10.0. The Balaban J connectivity index is 2.35. The number of nitrogen functional groups attached to an aromatic ring is 1. The fourth-order valence-corrected chi connectivity index (χ4v) is 1.73. The summed E-state index contributed by atoms with van der Waals surface area (Å²) in [6.07, 6.45) is 4.22. The van der Waals surface area contributed by atoms with Crippen LogP contribution < -0.4 is 10.5 Å². The quantitative estimate of drug-likeness (QED) is 0.643. The predicted molar refractivity (Wildman–Crippen MR) is 73.4 cm³/mol. The van der Waals surface area contributed by atoms with Crippen LogP contribution in [0.4, 0.5) is 5.69 Å². The van der Waals surface area contributed by atoms with Gasteiger partial charge in [0.2, 0.25) is 0 Å². The highest BCUT2D eigenvalue weighted by molar-refractivity contribution is 5.89. The Kier molecular flexibility index (Phi) is 3.87. The van der Waals surface area contributed by atoms with E-state index < -0.39 is 0 Å². The largest absolute Gasteiger partial charge is 0.495 e. The molecule has 2 rings (SSSR count). The van der Waals surface area contributed by atoms with Crippen LogP contribution in [0.15, 0.2) is 17.1 Å². The van der Waals surface area contributed by atoms with Crippen molar-refractivity contribution in [3.05, 3.63) is 23.3 Å². The average molecular weight is 248 g/mol. The topological polar surface area (TPSA) is 56.8 Å². The summed E-state index contributed by atoms with van der Waals surface area (Å²) in [5.41, 5.74) is 8.63. The minimum atomic E-state index is 0.00701. The van der Waals surface area contributed by atoms with E-state index in [0.29, 0.717) is 17.5 Å². The third-order valence-electron chi connectivity index (χ3n) is 3.21. The van der Waals surface area contributed by atoms with Crippen LogP contribution in [0.25, 0.3) is 0 Å². The van der Waals surface area contributed by atoms with Crippen molar-refractivity contribution in [1.82, 2.24) is 0 Å². The standard InChI is InChI=1S/C14H20N2O2/c1-9(17-2)10-6-11(8-16-12-4-5-12)14(15)13(7-10)18-3/h6-9,12H,4-5,15H2,1-3H3. The van der Waals surface area contributed by atoms with Crippen molar-refractivity contribution in [2.24, 2.45) is 4.99 Å². The first-order valence-corrected chi connectivity index (χ1v) is 6.19. The number of methoxy groups -OCH3 is 2. The molecule has 0 bridgehead atoms. The van der Waals surface area contributed by atoms with E-state index >= 15 is 0 Å². The summed E-state index contributed by atoms with van der Waals surface area (Å²) in [5, 5.41) is 0. The molecule has 0 heterocycles. The molecular formula is C14H20N2O2. The van der Waals surface area contributed by atoms with E-state index in [1.54, 1.807) is 14.2 Å². The number of hydrogen-bond donors (Lipinski definition) is 1. The predicted octanol–water partition coefficient (Wildman–Crippen LogP) is 2.57. The van der Waals surface area contributed by atoms with E-state index in [0.717, 1.165) is 11.1 Å². The Hall–Kier alpha value is -1.55. The van der Waals surface area contributed by atoms with Crippen LogP contribution in [-0.4, -0.2) is 26.5 Å². The van der Waals surface area contributed by atoms with Crippen LogP contribution in [0, 0.1) is 0 Å². The normalized spacial score (nSPS) is 17.1. The summed E-state index contributed by atoms with van der Waals surface area (Å²) >= 11 is 0. The summed E-state index contributed by atoms with van der Waals surface area (Å²) in [7, 11) is 3.31. The van der Waals surface area contributed by atoms with E-state index in [1.807, 2.05) is 25.3 Å². The molecule has 1 aliphatic rings. The zero-order chi connectivity index (χ0) is 13.1. The Labute approximate surface area is 108 Å². The second-order valence-electron chi connectivity index (χ2n) is 4.61. The third-order valence-corrected chi connectivity index (χ3v) is 3.21. The van der Waals surface area contributed by atoms with E-state index in [2.05, 4.69) is 4.99 Å². The lowest BCUT2D eigenvalue weighted by Gasteiger charge is -2.14. The first-order valence-electron chi connectivity index (χ1n) is 6.19. The fourth-order valence-electron chi connectivity index (χ4n) is 1.73. The monoisotopic (exact) mass is 248 g/mol. The molecule has 1 aliphatic carbocycles. The van der Waals surface area contributed by atoms with Gasteiger partial charge in [-0.05, 0) is 37.5 Å². The molecule has 1 unspecified atom stereocenters.